The van der Waals surface area contributed by atoms with E-state index in [2.05, 4.69) is 73.1 Å². The van der Waals surface area contributed by atoms with Crippen LogP contribution < -0.4 is 5.09 Å². The van der Waals surface area contributed by atoms with Crippen molar-refractivity contribution in [3.8, 4) is 6.07 Å². The van der Waals surface area contributed by atoms with Gasteiger partial charge in [0.25, 0.3) is 0 Å². The van der Waals surface area contributed by atoms with Gasteiger partial charge in [-0.1, -0.05) is 50.3 Å². The Morgan fingerprint density at radius 2 is 2.10 bits per heavy atom. The van der Waals surface area contributed by atoms with Gasteiger partial charge < -0.3 is 5.09 Å². The Morgan fingerprint density at radius 1 is 1.26 bits per heavy atom. The van der Waals surface area contributed by atoms with E-state index in [0.717, 1.165) is 50.1 Å². The molecule has 2 aromatic rings. The van der Waals surface area contributed by atoms with Crippen molar-refractivity contribution in [2.75, 3.05) is 19.8 Å². The van der Waals surface area contributed by atoms with Gasteiger partial charge in [-0.3, -0.25) is 9.98 Å². The minimum absolute atomic E-state index is 0.441. The number of nitriles is 1. The van der Waals surface area contributed by atoms with E-state index in [9.17, 15) is 5.26 Å². The first-order valence-electron chi connectivity index (χ1n) is 10.8. The Morgan fingerprint density at radius 3 is 2.81 bits per heavy atom. The fourth-order valence-electron chi connectivity index (χ4n) is 4.01. The van der Waals surface area contributed by atoms with Gasteiger partial charge in [0.15, 0.2) is 0 Å². The average Bonchev–Trinajstić information content (AvgIpc) is 3.19. The van der Waals surface area contributed by atoms with E-state index < -0.39 is 0 Å². The summed E-state index contributed by atoms with van der Waals surface area (Å²) in [5, 5.41) is 12.9. The van der Waals surface area contributed by atoms with Crippen molar-refractivity contribution in [2.45, 2.75) is 33.2 Å². The molecule has 31 heavy (non-hydrogen) atoms. The van der Waals surface area contributed by atoms with Gasteiger partial charge in [0.05, 0.1) is 30.4 Å². The number of hydrogen-bond donors (Lipinski definition) is 1. The largest absolute Gasteiger partial charge is 0.301 e. The first-order valence-corrected chi connectivity index (χ1v) is 12.0. The number of aliphatic imine (C=N–C) groups is 2. The summed E-state index contributed by atoms with van der Waals surface area (Å²) < 4.78 is 0. The van der Waals surface area contributed by atoms with Gasteiger partial charge in [-0.15, -0.1) is 0 Å². The van der Waals surface area contributed by atoms with E-state index in [0.29, 0.717) is 19.0 Å². The Hall–Kier alpha value is -2.60. The summed E-state index contributed by atoms with van der Waals surface area (Å²) in [4.78, 5) is 9.01. The molecule has 1 N–H and O–H groups in total. The third kappa shape index (κ3) is 5.76. The van der Waals surface area contributed by atoms with Crippen molar-refractivity contribution in [1.82, 2.24) is 5.09 Å². The van der Waals surface area contributed by atoms with E-state index in [-0.39, 0.29) is 0 Å². The van der Waals surface area contributed by atoms with E-state index in [4.69, 9.17) is 4.99 Å². The van der Waals surface area contributed by atoms with Crippen LogP contribution in [-0.4, -0.2) is 32.2 Å². The van der Waals surface area contributed by atoms with Crippen LogP contribution in [0.4, 0.5) is 0 Å². The predicted molar refractivity (Wildman–Crippen MR) is 135 cm³/mol. The number of benzene rings is 2. The third-order valence-electron chi connectivity index (χ3n) is 5.52. The Balaban J connectivity index is 1.86. The smallest absolute Gasteiger partial charge is 0.0994 e. The normalized spacial score (nSPS) is 13.5. The van der Waals surface area contributed by atoms with Gasteiger partial charge in [-0.05, 0) is 80.7 Å². The molecule has 1 aliphatic carbocycles. The molecule has 4 nitrogen and oxygen atoms in total. The maximum Gasteiger partial charge on any atom is 0.0994 e. The van der Waals surface area contributed by atoms with Gasteiger partial charge >= 0.3 is 0 Å². The van der Waals surface area contributed by atoms with Crippen LogP contribution in [0, 0.1) is 17.2 Å². The molecule has 0 saturated heterocycles. The molecule has 160 valence electrons. The third-order valence-corrected chi connectivity index (χ3v) is 6.43. The molecular weight excluding hydrogens is 399 g/mol. The molecule has 0 aromatic heterocycles. The molecule has 1 unspecified atom stereocenters. The quantitative estimate of drug-likeness (QED) is 0.416. The molecular formula is C26H31N4P. The minimum Gasteiger partial charge on any atom is -0.301 e. The van der Waals surface area contributed by atoms with Gasteiger partial charge in [0.2, 0.25) is 0 Å². The Bertz CT molecular complexity index is 1040. The molecule has 2 aromatic carbocycles. The maximum absolute atomic E-state index is 9.63. The monoisotopic (exact) mass is 430 g/mol. The second-order valence-corrected chi connectivity index (χ2v) is 9.41. The van der Waals surface area contributed by atoms with Crippen LogP contribution >= 0.6 is 8.73 Å². The fourth-order valence-corrected chi connectivity index (χ4v) is 4.71. The first-order chi connectivity index (χ1) is 15.1. The van der Waals surface area contributed by atoms with E-state index in [1.807, 2.05) is 13.1 Å². The van der Waals surface area contributed by atoms with Crippen LogP contribution in [0.2, 0.25) is 0 Å². The molecule has 0 fully saturated rings. The second kappa shape index (κ2) is 11.1. The molecule has 0 amide bonds. The highest BCUT2D eigenvalue weighted by Gasteiger charge is 2.17. The van der Waals surface area contributed by atoms with E-state index >= 15 is 0 Å². The molecule has 0 aliphatic heterocycles. The summed E-state index contributed by atoms with van der Waals surface area (Å²) in [5.74, 6) is 0.508. The highest BCUT2D eigenvalue weighted by Crippen LogP contribution is 2.33. The van der Waals surface area contributed by atoms with Crippen molar-refractivity contribution in [2.24, 2.45) is 15.9 Å². The lowest BCUT2D eigenvalue weighted by molar-refractivity contribution is 0.646. The number of hydrogen-bond acceptors (Lipinski definition) is 4. The zero-order valence-corrected chi connectivity index (χ0v) is 19.7. The number of nitrogens with zero attached hydrogens (tertiary/aromatic N) is 3. The number of nitrogens with one attached hydrogen (secondary N) is 1. The molecule has 0 radical (unpaired) electrons. The zero-order valence-electron chi connectivity index (χ0n) is 18.7. The molecule has 0 spiro atoms. The SMILES string of the molecule is C=NCC(=NCc1cccc2c1CC=C2CPNC)c1ccc(CC(C)C)c(C#N)c1. The highest BCUT2D eigenvalue weighted by atomic mass is 31.1. The lowest BCUT2D eigenvalue weighted by atomic mass is 9.95. The van der Waals surface area contributed by atoms with Crippen molar-refractivity contribution >= 4 is 26.7 Å². The molecule has 0 saturated carbocycles. The van der Waals surface area contributed by atoms with E-state index in [1.54, 1.807) is 0 Å². The van der Waals surface area contributed by atoms with Gasteiger partial charge in [0, 0.05) is 6.16 Å². The predicted octanol–water partition coefficient (Wildman–Crippen LogP) is 5.20. The van der Waals surface area contributed by atoms with Crippen LogP contribution in [0.15, 0.2) is 52.5 Å². The average molecular weight is 431 g/mol. The maximum atomic E-state index is 9.63. The number of rotatable bonds is 10. The summed E-state index contributed by atoms with van der Waals surface area (Å²) >= 11 is 0. The molecule has 0 heterocycles. The summed E-state index contributed by atoms with van der Waals surface area (Å²) in [6.45, 7) is 9.05. The molecule has 5 heteroatoms. The Labute approximate surface area is 188 Å². The summed E-state index contributed by atoms with van der Waals surface area (Å²) in [6, 6.07) is 15.0. The summed E-state index contributed by atoms with van der Waals surface area (Å²) in [6.07, 6.45) is 5.29. The molecule has 3 rings (SSSR count). The molecule has 1 atom stereocenters. The second-order valence-electron chi connectivity index (χ2n) is 8.21. The van der Waals surface area contributed by atoms with Crippen molar-refractivity contribution < 1.29 is 0 Å². The fraction of sp³-hybridized carbons (Fsp3) is 0.346. The van der Waals surface area contributed by atoms with Gasteiger partial charge in [-0.25, -0.2) is 0 Å². The van der Waals surface area contributed by atoms with Gasteiger partial charge in [-0.2, -0.15) is 5.26 Å². The summed E-state index contributed by atoms with van der Waals surface area (Å²) in [5.41, 5.74) is 9.09. The first kappa shape index (κ1) is 23.1. The zero-order chi connectivity index (χ0) is 22.2. The number of fused-ring (bicyclic) bond motifs is 1. The van der Waals surface area contributed by atoms with Crippen molar-refractivity contribution in [3.05, 3.63) is 75.9 Å². The van der Waals surface area contributed by atoms with Crippen molar-refractivity contribution in [3.63, 3.8) is 0 Å². The molecule has 0 bridgehead atoms. The van der Waals surface area contributed by atoms with Crippen molar-refractivity contribution in [1.29, 1.82) is 5.26 Å². The minimum atomic E-state index is 0.441. The Kier molecular flexibility index (Phi) is 8.29. The van der Waals surface area contributed by atoms with Crippen LogP contribution in [0.1, 0.15) is 47.2 Å². The molecule has 1 aliphatic rings. The van der Waals surface area contributed by atoms with Gasteiger partial charge in [0.1, 0.15) is 0 Å². The van der Waals surface area contributed by atoms with Crippen LogP contribution in [0.3, 0.4) is 0 Å². The lowest BCUT2D eigenvalue weighted by Gasteiger charge is -2.12. The standard InChI is InChI=1S/C26H31N4P/c1-18(2)12-19-8-9-20(13-23(19)14-27)26(16-28-3)30-15-21-6-5-7-24-22(17-31-29-4)10-11-25(21)24/h5-10,13,18,29,31H,3,11-12,15-17H2,1-2,4H3. The highest BCUT2D eigenvalue weighted by molar-refractivity contribution is 7.36. The topological polar surface area (TPSA) is 60.5 Å². The lowest BCUT2D eigenvalue weighted by Crippen LogP contribution is -2.08. The van der Waals surface area contributed by atoms with Crippen LogP contribution in [0.25, 0.3) is 5.57 Å². The van der Waals surface area contributed by atoms with E-state index in [1.165, 1.54) is 22.3 Å². The van der Waals surface area contributed by atoms with Crippen LogP contribution in [0.5, 0.6) is 0 Å². The number of allylic oxidation sites excluding steroid dienone is 2. The van der Waals surface area contributed by atoms with Crippen LogP contribution in [-0.2, 0) is 19.4 Å². The summed E-state index contributed by atoms with van der Waals surface area (Å²) in [7, 11) is 2.74.